The third kappa shape index (κ3) is 4.83. The Labute approximate surface area is 157 Å². The number of benzene rings is 1. The number of thiophene rings is 1. The molecule has 0 fully saturated rings. The number of halogens is 1. The maximum absolute atomic E-state index is 12.9. The molecule has 9 heteroatoms. The lowest BCUT2D eigenvalue weighted by molar-refractivity contribution is -0.113. The van der Waals surface area contributed by atoms with Crippen LogP contribution in [0.5, 0.6) is 0 Å². The largest absolute Gasteiger partial charge is 0.462 e. The first-order chi connectivity index (χ1) is 12.3. The van der Waals surface area contributed by atoms with Crippen LogP contribution < -0.4 is 11.1 Å². The van der Waals surface area contributed by atoms with Crippen LogP contribution in [-0.4, -0.2) is 30.1 Å². The van der Waals surface area contributed by atoms with E-state index in [1.165, 1.54) is 23.9 Å². The van der Waals surface area contributed by atoms with Gasteiger partial charge in [-0.2, -0.15) is 0 Å². The Morgan fingerprint density at radius 1 is 1.27 bits per heavy atom. The van der Waals surface area contributed by atoms with E-state index in [-0.39, 0.29) is 39.5 Å². The van der Waals surface area contributed by atoms with Crippen molar-refractivity contribution in [3.63, 3.8) is 0 Å². The van der Waals surface area contributed by atoms with Crippen molar-refractivity contribution in [3.8, 4) is 0 Å². The van der Waals surface area contributed by atoms with Gasteiger partial charge in [0.2, 0.25) is 5.91 Å². The van der Waals surface area contributed by atoms with Crippen molar-refractivity contribution in [2.24, 2.45) is 5.73 Å². The molecule has 0 aliphatic carbocycles. The molecular formula is C17H17FN2O4S2. The highest BCUT2D eigenvalue weighted by Crippen LogP contribution is 2.33. The Morgan fingerprint density at radius 2 is 1.92 bits per heavy atom. The Kier molecular flexibility index (Phi) is 6.76. The Balaban J connectivity index is 2.13. The molecule has 0 saturated carbocycles. The van der Waals surface area contributed by atoms with Gasteiger partial charge in [-0.25, -0.2) is 9.18 Å². The summed E-state index contributed by atoms with van der Waals surface area (Å²) in [7, 11) is 0. The first-order valence-electron chi connectivity index (χ1n) is 7.62. The van der Waals surface area contributed by atoms with E-state index in [0.29, 0.717) is 5.56 Å². The van der Waals surface area contributed by atoms with E-state index < -0.39 is 11.9 Å². The van der Waals surface area contributed by atoms with Crippen molar-refractivity contribution in [2.45, 2.75) is 18.7 Å². The molecule has 2 amide bonds. The molecule has 1 aromatic heterocycles. The second kappa shape index (κ2) is 8.81. The van der Waals surface area contributed by atoms with Crippen molar-refractivity contribution < 1.29 is 23.5 Å². The zero-order chi connectivity index (χ0) is 19.3. The monoisotopic (exact) mass is 396 g/mol. The maximum Gasteiger partial charge on any atom is 0.348 e. The summed E-state index contributed by atoms with van der Waals surface area (Å²) in [5, 5.41) is 2.82. The normalized spacial score (nSPS) is 10.4. The molecule has 0 saturated heterocycles. The molecule has 1 aromatic carbocycles. The molecule has 1 heterocycles. The molecule has 0 bridgehead atoms. The number of esters is 1. The van der Waals surface area contributed by atoms with Crippen LogP contribution >= 0.6 is 23.1 Å². The van der Waals surface area contributed by atoms with Gasteiger partial charge in [0, 0.05) is 4.90 Å². The molecule has 2 aromatic rings. The number of nitrogens with one attached hydrogen (secondary N) is 1. The fourth-order valence-electron chi connectivity index (χ4n) is 2.13. The lowest BCUT2D eigenvalue weighted by Crippen LogP contribution is -2.18. The number of thioether (sulfide) groups is 1. The van der Waals surface area contributed by atoms with Crippen LogP contribution in [0.1, 0.15) is 32.5 Å². The standard InChI is InChI=1S/C17H17FN2O4S2/c1-3-24-17(23)14-9(2)13(15(19)22)16(26-14)20-12(21)8-25-11-6-4-10(18)5-7-11/h4-7H,3,8H2,1-2H3,(H2,19,22)(H,20,21). The molecule has 0 atom stereocenters. The first kappa shape index (κ1) is 19.9. The summed E-state index contributed by atoms with van der Waals surface area (Å²) in [5.74, 6) is -1.99. The van der Waals surface area contributed by atoms with Gasteiger partial charge >= 0.3 is 5.97 Å². The smallest absolute Gasteiger partial charge is 0.348 e. The SMILES string of the molecule is CCOC(=O)c1sc(NC(=O)CSc2ccc(F)cc2)c(C(N)=O)c1C. The molecule has 2 rings (SSSR count). The molecule has 0 unspecified atom stereocenters. The van der Waals surface area contributed by atoms with Crippen LogP contribution in [0.2, 0.25) is 0 Å². The van der Waals surface area contributed by atoms with E-state index in [1.54, 1.807) is 26.0 Å². The van der Waals surface area contributed by atoms with E-state index in [9.17, 15) is 18.8 Å². The van der Waals surface area contributed by atoms with Gasteiger partial charge in [-0.15, -0.1) is 23.1 Å². The number of hydrogen-bond donors (Lipinski definition) is 2. The fourth-order valence-corrected chi connectivity index (χ4v) is 3.95. The highest BCUT2D eigenvalue weighted by molar-refractivity contribution is 8.00. The highest BCUT2D eigenvalue weighted by Gasteiger charge is 2.25. The van der Waals surface area contributed by atoms with Crippen LogP contribution in [0.25, 0.3) is 0 Å². The Morgan fingerprint density at radius 3 is 2.50 bits per heavy atom. The summed E-state index contributed by atoms with van der Waals surface area (Å²) in [6.45, 7) is 3.44. The zero-order valence-electron chi connectivity index (χ0n) is 14.1. The average Bonchev–Trinajstić information content (AvgIpc) is 2.91. The Hall–Kier alpha value is -2.39. The second-order valence-corrected chi connectivity index (χ2v) is 7.21. The van der Waals surface area contributed by atoms with Gasteiger partial charge in [-0.1, -0.05) is 0 Å². The number of hydrogen-bond acceptors (Lipinski definition) is 6. The molecule has 0 aliphatic heterocycles. The average molecular weight is 396 g/mol. The van der Waals surface area contributed by atoms with Crippen molar-refractivity contribution in [1.82, 2.24) is 0 Å². The number of carbonyl (C=O) groups excluding carboxylic acids is 3. The minimum atomic E-state index is -0.740. The van der Waals surface area contributed by atoms with E-state index in [2.05, 4.69) is 5.32 Å². The molecule has 26 heavy (non-hydrogen) atoms. The summed E-state index contributed by atoms with van der Waals surface area (Å²) in [4.78, 5) is 36.8. The second-order valence-electron chi connectivity index (χ2n) is 5.14. The number of anilines is 1. The molecular weight excluding hydrogens is 379 g/mol. The third-order valence-electron chi connectivity index (χ3n) is 3.29. The van der Waals surface area contributed by atoms with Gasteiger partial charge in [0.1, 0.15) is 15.7 Å². The third-order valence-corrected chi connectivity index (χ3v) is 5.49. The predicted molar refractivity (Wildman–Crippen MR) is 99.3 cm³/mol. The van der Waals surface area contributed by atoms with Gasteiger partial charge in [0.25, 0.3) is 5.91 Å². The minimum absolute atomic E-state index is 0.0511. The zero-order valence-corrected chi connectivity index (χ0v) is 15.8. The molecule has 138 valence electrons. The van der Waals surface area contributed by atoms with Crippen LogP contribution in [0.15, 0.2) is 29.2 Å². The van der Waals surface area contributed by atoms with Gasteiger partial charge in [0.05, 0.1) is 17.9 Å². The van der Waals surface area contributed by atoms with E-state index in [4.69, 9.17) is 10.5 Å². The number of nitrogens with two attached hydrogens (primary N) is 1. The number of ether oxygens (including phenoxy) is 1. The summed E-state index contributed by atoms with van der Waals surface area (Å²) in [5.41, 5.74) is 5.85. The highest BCUT2D eigenvalue weighted by atomic mass is 32.2. The van der Waals surface area contributed by atoms with Gasteiger partial charge < -0.3 is 15.8 Å². The number of primary amides is 1. The lowest BCUT2D eigenvalue weighted by Gasteiger charge is -2.05. The van der Waals surface area contributed by atoms with Crippen molar-refractivity contribution in [1.29, 1.82) is 0 Å². The number of amides is 2. The fraction of sp³-hybridized carbons (Fsp3) is 0.235. The summed E-state index contributed by atoms with van der Waals surface area (Å²) in [6, 6.07) is 5.74. The van der Waals surface area contributed by atoms with Gasteiger partial charge in [0.15, 0.2) is 0 Å². The topological polar surface area (TPSA) is 98.5 Å². The first-order valence-corrected chi connectivity index (χ1v) is 9.42. The molecule has 6 nitrogen and oxygen atoms in total. The van der Waals surface area contributed by atoms with Gasteiger partial charge in [-0.3, -0.25) is 9.59 Å². The van der Waals surface area contributed by atoms with Crippen LogP contribution in [0, 0.1) is 12.7 Å². The van der Waals surface area contributed by atoms with E-state index in [0.717, 1.165) is 16.2 Å². The van der Waals surface area contributed by atoms with Crippen molar-refractivity contribution in [3.05, 3.63) is 46.1 Å². The lowest BCUT2D eigenvalue weighted by atomic mass is 10.1. The molecule has 0 aliphatic rings. The minimum Gasteiger partial charge on any atom is -0.462 e. The molecule has 3 N–H and O–H groups in total. The van der Waals surface area contributed by atoms with Gasteiger partial charge in [-0.05, 0) is 43.7 Å². The van der Waals surface area contributed by atoms with Crippen LogP contribution in [0.3, 0.4) is 0 Å². The molecule has 0 radical (unpaired) electrons. The number of carbonyl (C=O) groups is 3. The predicted octanol–water partition coefficient (Wildman–Crippen LogP) is 3.20. The quantitative estimate of drug-likeness (QED) is 0.553. The van der Waals surface area contributed by atoms with Crippen LogP contribution in [0.4, 0.5) is 9.39 Å². The van der Waals surface area contributed by atoms with E-state index >= 15 is 0 Å². The summed E-state index contributed by atoms with van der Waals surface area (Å²) >= 11 is 2.16. The summed E-state index contributed by atoms with van der Waals surface area (Å²) in [6.07, 6.45) is 0. The maximum atomic E-state index is 12.9. The van der Waals surface area contributed by atoms with Crippen molar-refractivity contribution in [2.75, 3.05) is 17.7 Å². The summed E-state index contributed by atoms with van der Waals surface area (Å²) < 4.78 is 17.8. The molecule has 0 spiro atoms. The number of rotatable bonds is 7. The van der Waals surface area contributed by atoms with Crippen molar-refractivity contribution >= 4 is 45.9 Å². The Bertz CT molecular complexity index is 834. The van der Waals surface area contributed by atoms with E-state index in [1.807, 2.05) is 0 Å². The van der Waals surface area contributed by atoms with Crippen LogP contribution in [-0.2, 0) is 9.53 Å².